The van der Waals surface area contributed by atoms with Crippen LogP contribution in [0.3, 0.4) is 0 Å². The molecule has 2 aromatic carbocycles. The van der Waals surface area contributed by atoms with Crippen LogP contribution in [0.4, 0.5) is 24.7 Å². The molecule has 0 saturated carbocycles. The van der Waals surface area contributed by atoms with E-state index in [-0.39, 0.29) is 33.8 Å². The summed E-state index contributed by atoms with van der Waals surface area (Å²) in [4.78, 5) is 23.4. The van der Waals surface area contributed by atoms with Crippen molar-refractivity contribution >= 4 is 29.0 Å². The standard InChI is InChI=1S/C26H25ClF3N5O3/c1-35-7-4-15(5-8-35)17-10-18(26(28,29)30)13-19(11-17)34-24(36)16-2-3-20(27)21(12-16)38-25-22-23(32-14-33-25)31-6-9-37-22/h2-3,10-15H,4-9H2,1H3,(H,34,36)(H,31,32,33). The zero-order chi connectivity index (χ0) is 26.9. The van der Waals surface area contributed by atoms with E-state index in [2.05, 4.69) is 25.5 Å². The van der Waals surface area contributed by atoms with Crippen LogP contribution in [0.15, 0.2) is 42.7 Å². The quantitative estimate of drug-likeness (QED) is 0.417. The summed E-state index contributed by atoms with van der Waals surface area (Å²) in [6.45, 7) is 2.57. The minimum absolute atomic E-state index is 0.0183. The first-order valence-electron chi connectivity index (χ1n) is 12.1. The van der Waals surface area contributed by atoms with E-state index >= 15 is 0 Å². The third-order valence-electron chi connectivity index (χ3n) is 6.54. The molecule has 0 atom stereocenters. The topological polar surface area (TPSA) is 88.6 Å². The third kappa shape index (κ3) is 5.78. The Morgan fingerprint density at radius 3 is 2.74 bits per heavy atom. The van der Waals surface area contributed by atoms with Crippen molar-refractivity contribution in [3.63, 3.8) is 0 Å². The van der Waals surface area contributed by atoms with Gasteiger partial charge in [0.2, 0.25) is 5.75 Å². The highest BCUT2D eigenvalue weighted by Gasteiger charge is 2.32. The highest BCUT2D eigenvalue weighted by Crippen LogP contribution is 2.39. The first-order valence-corrected chi connectivity index (χ1v) is 12.5. The van der Waals surface area contributed by atoms with Gasteiger partial charge in [-0.15, -0.1) is 0 Å². The van der Waals surface area contributed by atoms with Crippen LogP contribution in [-0.2, 0) is 6.18 Å². The summed E-state index contributed by atoms with van der Waals surface area (Å²) in [5.41, 5.74) is -0.0258. The van der Waals surface area contributed by atoms with Gasteiger partial charge >= 0.3 is 6.18 Å². The van der Waals surface area contributed by atoms with Crippen LogP contribution in [0, 0.1) is 0 Å². The van der Waals surface area contributed by atoms with Crippen LogP contribution in [0.25, 0.3) is 0 Å². The number of likely N-dealkylation sites (tertiary alicyclic amines) is 1. The van der Waals surface area contributed by atoms with Crippen molar-refractivity contribution in [1.82, 2.24) is 14.9 Å². The second kappa shape index (κ2) is 10.7. The lowest BCUT2D eigenvalue weighted by atomic mass is 9.88. The minimum Gasteiger partial charge on any atom is -0.483 e. The van der Waals surface area contributed by atoms with Crippen LogP contribution in [0.1, 0.15) is 40.2 Å². The van der Waals surface area contributed by atoms with E-state index in [1.54, 1.807) is 6.07 Å². The van der Waals surface area contributed by atoms with Gasteiger partial charge in [-0.05, 0) is 80.9 Å². The molecular formula is C26H25ClF3N5O3. The average Bonchev–Trinajstić information content (AvgIpc) is 2.90. The molecule has 5 rings (SSSR count). The highest BCUT2D eigenvalue weighted by molar-refractivity contribution is 6.32. The number of carbonyl (C=O) groups excluding carboxylic acids is 1. The number of alkyl halides is 3. The molecule has 2 aliphatic heterocycles. The van der Waals surface area contributed by atoms with Crippen LogP contribution in [-0.4, -0.2) is 54.1 Å². The summed E-state index contributed by atoms with van der Waals surface area (Å²) < 4.78 is 52.5. The fourth-order valence-electron chi connectivity index (χ4n) is 4.50. The Hall–Kier alpha value is -3.57. The molecule has 1 fully saturated rings. The van der Waals surface area contributed by atoms with Crippen LogP contribution < -0.4 is 20.1 Å². The number of rotatable bonds is 5. The van der Waals surface area contributed by atoms with Crippen LogP contribution in [0.5, 0.6) is 17.4 Å². The Kier molecular flexibility index (Phi) is 7.31. The molecule has 12 heteroatoms. The van der Waals surface area contributed by atoms with E-state index in [9.17, 15) is 18.0 Å². The van der Waals surface area contributed by atoms with Crippen LogP contribution in [0.2, 0.25) is 5.02 Å². The van der Waals surface area contributed by atoms with Crippen molar-refractivity contribution in [1.29, 1.82) is 0 Å². The second-order valence-corrected chi connectivity index (χ2v) is 9.66. The summed E-state index contributed by atoms with van der Waals surface area (Å²) in [6.07, 6.45) is -1.75. The molecule has 3 heterocycles. The Morgan fingerprint density at radius 1 is 1.18 bits per heavy atom. The number of amides is 1. The molecule has 2 aliphatic rings. The van der Waals surface area contributed by atoms with E-state index in [1.807, 2.05) is 7.05 Å². The molecule has 3 aromatic rings. The fourth-order valence-corrected chi connectivity index (χ4v) is 4.66. The average molecular weight is 548 g/mol. The van der Waals surface area contributed by atoms with Gasteiger partial charge in [0.25, 0.3) is 11.8 Å². The van der Waals surface area contributed by atoms with Gasteiger partial charge in [0, 0.05) is 11.3 Å². The van der Waals surface area contributed by atoms with E-state index in [1.165, 1.54) is 30.6 Å². The molecular weight excluding hydrogens is 523 g/mol. The Morgan fingerprint density at radius 2 is 1.97 bits per heavy atom. The fraction of sp³-hybridized carbons (Fsp3) is 0.346. The molecule has 1 saturated heterocycles. The smallest absolute Gasteiger partial charge is 0.416 e. The predicted molar refractivity (Wildman–Crippen MR) is 136 cm³/mol. The van der Waals surface area contributed by atoms with Gasteiger partial charge in [-0.2, -0.15) is 18.2 Å². The van der Waals surface area contributed by atoms with Gasteiger partial charge in [-0.1, -0.05) is 11.6 Å². The highest BCUT2D eigenvalue weighted by atomic mass is 35.5. The molecule has 0 aliphatic carbocycles. The van der Waals surface area contributed by atoms with Crippen molar-refractivity contribution in [2.45, 2.75) is 24.9 Å². The van der Waals surface area contributed by atoms with Crippen LogP contribution >= 0.6 is 11.6 Å². The SMILES string of the molecule is CN1CCC(c2cc(NC(=O)c3ccc(Cl)c(Oc4ncnc5c4OCCN5)c3)cc(C(F)(F)F)c2)CC1. The number of piperidine rings is 1. The minimum atomic E-state index is -4.55. The zero-order valence-corrected chi connectivity index (χ0v) is 21.2. The summed E-state index contributed by atoms with van der Waals surface area (Å²) in [6, 6.07) is 8.07. The van der Waals surface area contributed by atoms with E-state index in [4.69, 9.17) is 21.1 Å². The number of aromatic nitrogens is 2. The number of anilines is 2. The van der Waals surface area contributed by atoms with Gasteiger partial charge < -0.3 is 25.0 Å². The van der Waals surface area contributed by atoms with Crippen molar-refractivity contribution in [2.24, 2.45) is 0 Å². The molecule has 0 unspecified atom stereocenters. The number of nitrogens with zero attached hydrogens (tertiary/aromatic N) is 3. The molecule has 1 aromatic heterocycles. The zero-order valence-electron chi connectivity index (χ0n) is 20.4. The molecule has 1 amide bonds. The molecule has 38 heavy (non-hydrogen) atoms. The number of hydrogen-bond acceptors (Lipinski definition) is 7. The first kappa shape index (κ1) is 26.1. The maximum absolute atomic E-state index is 13.7. The third-order valence-corrected chi connectivity index (χ3v) is 6.85. The van der Waals surface area contributed by atoms with E-state index in [0.717, 1.165) is 32.0 Å². The Balaban J connectivity index is 1.39. The normalized spacial score (nSPS) is 16.2. The number of ether oxygens (including phenoxy) is 2. The molecule has 0 bridgehead atoms. The van der Waals surface area contributed by atoms with Crippen molar-refractivity contribution in [2.75, 3.05) is 43.9 Å². The molecule has 0 radical (unpaired) electrons. The monoisotopic (exact) mass is 547 g/mol. The lowest BCUT2D eigenvalue weighted by Crippen LogP contribution is -2.29. The van der Waals surface area contributed by atoms with Gasteiger partial charge in [0.1, 0.15) is 18.7 Å². The van der Waals surface area contributed by atoms with Gasteiger partial charge in [-0.3, -0.25) is 4.79 Å². The van der Waals surface area contributed by atoms with Crippen molar-refractivity contribution in [3.8, 4) is 17.4 Å². The lowest BCUT2D eigenvalue weighted by Gasteiger charge is -2.29. The number of hydrogen-bond donors (Lipinski definition) is 2. The Bertz CT molecular complexity index is 1350. The number of nitrogens with one attached hydrogen (secondary N) is 2. The number of halogens is 4. The van der Waals surface area contributed by atoms with Crippen molar-refractivity contribution < 1.29 is 27.4 Å². The molecule has 0 spiro atoms. The lowest BCUT2D eigenvalue weighted by molar-refractivity contribution is -0.137. The predicted octanol–water partition coefficient (Wildman–Crippen LogP) is 5.81. The van der Waals surface area contributed by atoms with Gasteiger partial charge in [-0.25, -0.2) is 4.98 Å². The maximum Gasteiger partial charge on any atom is 0.416 e. The number of benzene rings is 2. The maximum atomic E-state index is 13.7. The number of fused-ring (bicyclic) bond motifs is 1. The second-order valence-electron chi connectivity index (χ2n) is 9.25. The molecule has 200 valence electrons. The summed E-state index contributed by atoms with van der Waals surface area (Å²) in [5, 5.41) is 5.89. The first-order chi connectivity index (χ1) is 18.2. The van der Waals surface area contributed by atoms with E-state index < -0.39 is 17.6 Å². The van der Waals surface area contributed by atoms with Crippen molar-refractivity contribution in [3.05, 3.63) is 64.4 Å². The molecule has 8 nitrogen and oxygen atoms in total. The Labute approximate surface area is 222 Å². The largest absolute Gasteiger partial charge is 0.483 e. The van der Waals surface area contributed by atoms with E-state index in [0.29, 0.717) is 30.3 Å². The van der Waals surface area contributed by atoms with Gasteiger partial charge in [0.05, 0.1) is 17.1 Å². The molecule has 2 N–H and O–H groups in total. The summed E-state index contributed by atoms with van der Waals surface area (Å²) >= 11 is 6.30. The summed E-state index contributed by atoms with van der Waals surface area (Å²) in [5.74, 6) is 0.400. The number of carbonyl (C=O) groups is 1. The van der Waals surface area contributed by atoms with Gasteiger partial charge in [0.15, 0.2) is 5.82 Å². The summed E-state index contributed by atoms with van der Waals surface area (Å²) in [7, 11) is 1.99.